The Bertz CT molecular complexity index is 432. The van der Waals surface area contributed by atoms with Gasteiger partial charge in [0.25, 0.3) is 0 Å². The standard InChI is InChI=1S/C14H20N2O3/c1-10(15)13(17)16(11(2)14(18)19-3)9-12-7-5-4-6-8-12/h4-8,10-11H,9,15H2,1-3H3. The molecular formula is C14H20N2O3. The number of ether oxygens (including phenoxy) is 1. The summed E-state index contributed by atoms with van der Waals surface area (Å²) in [4.78, 5) is 25.2. The fraction of sp³-hybridized carbons (Fsp3) is 0.429. The first kappa shape index (κ1) is 15.2. The Kier molecular flexibility index (Phi) is 5.51. The summed E-state index contributed by atoms with van der Waals surface area (Å²) in [5.74, 6) is -0.730. The number of hydrogen-bond acceptors (Lipinski definition) is 4. The van der Waals surface area contributed by atoms with Gasteiger partial charge >= 0.3 is 5.97 Å². The molecule has 104 valence electrons. The third kappa shape index (κ3) is 4.06. The molecular weight excluding hydrogens is 244 g/mol. The molecule has 0 spiro atoms. The van der Waals surface area contributed by atoms with Gasteiger partial charge in [-0.25, -0.2) is 4.79 Å². The number of amides is 1. The number of carbonyl (C=O) groups is 2. The lowest BCUT2D eigenvalue weighted by Crippen LogP contribution is -2.49. The molecule has 1 aromatic carbocycles. The third-order valence-corrected chi connectivity index (χ3v) is 2.88. The molecule has 0 aliphatic carbocycles. The van der Waals surface area contributed by atoms with Crippen LogP contribution in [-0.2, 0) is 20.9 Å². The number of benzene rings is 1. The highest BCUT2D eigenvalue weighted by Crippen LogP contribution is 2.11. The normalized spacial score (nSPS) is 13.5. The fourth-order valence-electron chi connectivity index (χ4n) is 1.75. The van der Waals surface area contributed by atoms with Crippen molar-refractivity contribution >= 4 is 11.9 Å². The zero-order chi connectivity index (χ0) is 14.4. The van der Waals surface area contributed by atoms with Gasteiger partial charge in [-0.1, -0.05) is 30.3 Å². The van der Waals surface area contributed by atoms with Gasteiger partial charge in [0.05, 0.1) is 13.2 Å². The summed E-state index contributed by atoms with van der Waals surface area (Å²) in [6.07, 6.45) is 0. The summed E-state index contributed by atoms with van der Waals surface area (Å²) in [6, 6.07) is 8.13. The van der Waals surface area contributed by atoms with Gasteiger partial charge in [0, 0.05) is 6.54 Å². The van der Waals surface area contributed by atoms with E-state index < -0.39 is 18.1 Å². The lowest BCUT2D eigenvalue weighted by molar-refractivity contribution is -0.152. The first-order valence-electron chi connectivity index (χ1n) is 6.15. The van der Waals surface area contributed by atoms with Crippen LogP contribution in [-0.4, -0.2) is 36.0 Å². The molecule has 0 saturated carbocycles. The van der Waals surface area contributed by atoms with Crippen LogP contribution in [0.4, 0.5) is 0 Å². The number of methoxy groups -OCH3 is 1. The summed E-state index contributed by atoms with van der Waals surface area (Å²) in [5, 5.41) is 0. The van der Waals surface area contributed by atoms with E-state index in [2.05, 4.69) is 4.74 Å². The third-order valence-electron chi connectivity index (χ3n) is 2.88. The minimum Gasteiger partial charge on any atom is -0.467 e. The van der Waals surface area contributed by atoms with E-state index in [0.717, 1.165) is 5.56 Å². The van der Waals surface area contributed by atoms with Crippen LogP contribution in [0.3, 0.4) is 0 Å². The second kappa shape index (κ2) is 6.89. The van der Waals surface area contributed by atoms with Crippen LogP contribution < -0.4 is 5.73 Å². The van der Waals surface area contributed by atoms with Crippen molar-refractivity contribution in [2.45, 2.75) is 32.5 Å². The van der Waals surface area contributed by atoms with Gasteiger partial charge in [-0.15, -0.1) is 0 Å². The highest BCUT2D eigenvalue weighted by Gasteiger charge is 2.28. The van der Waals surface area contributed by atoms with Crippen molar-refractivity contribution < 1.29 is 14.3 Å². The van der Waals surface area contributed by atoms with Crippen LogP contribution in [0.15, 0.2) is 30.3 Å². The highest BCUT2D eigenvalue weighted by molar-refractivity contribution is 5.87. The fourth-order valence-corrected chi connectivity index (χ4v) is 1.75. The summed E-state index contributed by atoms with van der Waals surface area (Å²) >= 11 is 0. The van der Waals surface area contributed by atoms with Gasteiger partial charge in [-0.3, -0.25) is 4.79 Å². The number of hydrogen-bond donors (Lipinski definition) is 1. The van der Waals surface area contributed by atoms with Gasteiger partial charge in [0.2, 0.25) is 5.91 Å². The molecule has 0 radical (unpaired) electrons. The van der Waals surface area contributed by atoms with E-state index in [9.17, 15) is 9.59 Å². The van der Waals surface area contributed by atoms with Crippen LogP contribution in [0.5, 0.6) is 0 Å². The van der Waals surface area contributed by atoms with Crippen molar-refractivity contribution in [3.05, 3.63) is 35.9 Å². The Labute approximate surface area is 113 Å². The van der Waals surface area contributed by atoms with Crippen molar-refractivity contribution in [2.24, 2.45) is 5.73 Å². The Balaban J connectivity index is 2.93. The zero-order valence-corrected chi connectivity index (χ0v) is 11.5. The Morgan fingerprint density at radius 1 is 1.26 bits per heavy atom. The summed E-state index contributed by atoms with van der Waals surface area (Å²) in [6.45, 7) is 3.57. The van der Waals surface area contributed by atoms with Crippen LogP contribution in [0.1, 0.15) is 19.4 Å². The molecule has 0 fully saturated rings. The quantitative estimate of drug-likeness (QED) is 0.803. The maximum absolute atomic E-state index is 12.1. The summed E-state index contributed by atoms with van der Waals surface area (Å²) in [7, 11) is 1.30. The van der Waals surface area contributed by atoms with Gasteiger partial charge < -0.3 is 15.4 Å². The Morgan fingerprint density at radius 2 is 1.84 bits per heavy atom. The van der Waals surface area contributed by atoms with Gasteiger partial charge in [-0.05, 0) is 19.4 Å². The molecule has 1 amide bonds. The molecule has 1 aromatic rings. The molecule has 0 bridgehead atoms. The molecule has 5 heteroatoms. The lowest BCUT2D eigenvalue weighted by atomic mass is 10.1. The van der Waals surface area contributed by atoms with E-state index in [4.69, 9.17) is 5.73 Å². The van der Waals surface area contributed by atoms with E-state index in [1.165, 1.54) is 12.0 Å². The number of rotatable bonds is 5. The second-order valence-corrected chi connectivity index (χ2v) is 4.44. The first-order valence-corrected chi connectivity index (χ1v) is 6.15. The minimum absolute atomic E-state index is 0.276. The molecule has 0 heterocycles. The largest absolute Gasteiger partial charge is 0.467 e. The molecule has 0 aliphatic rings. The van der Waals surface area contributed by atoms with Crippen LogP contribution in [0.2, 0.25) is 0 Å². The molecule has 2 atom stereocenters. The average Bonchev–Trinajstić information content (AvgIpc) is 2.43. The summed E-state index contributed by atoms with van der Waals surface area (Å²) in [5.41, 5.74) is 6.56. The highest BCUT2D eigenvalue weighted by atomic mass is 16.5. The minimum atomic E-state index is -0.663. The molecule has 0 aliphatic heterocycles. The number of nitrogens with two attached hydrogens (primary N) is 1. The van der Waals surface area contributed by atoms with Crippen molar-refractivity contribution in [3.63, 3.8) is 0 Å². The number of carbonyl (C=O) groups excluding carboxylic acids is 2. The van der Waals surface area contributed by atoms with Crippen molar-refractivity contribution in [1.29, 1.82) is 0 Å². The van der Waals surface area contributed by atoms with Gasteiger partial charge in [0.1, 0.15) is 6.04 Å². The SMILES string of the molecule is COC(=O)C(C)N(Cc1ccccc1)C(=O)C(C)N. The average molecular weight is 264 g/mol. The zero-order valence-electron chi connectivity index (χ0n) is 11.5. The van der Waals surface area contributed by atoms with Crippen LogP contribution in [0, 0.1) is 0 Å². The molecule has 2 N–H and O–H groups in total. The summed E-state index contributed by atoms with van der Waals surface area (Å²) < 4.78 is 4.69. The maximum Gasteiger partial charge on any atom is 0.328 e. The van der Waals surface area contributed by atoms with Gasteiger partial charge in [0.15, 0.2) is 0 Å². The second-order valence-electron chi connectivity index (χ2n) is 4.44. The van der Waals surface area contributed by atoms with E-state index in [-0.39, 0.29) is 5.91 Å². The van der Waals surface area contributed by atoms with Crippen LogP contribution in [0.25, 0.3) is 0 Å². The molecule has 5 nitrogen and oxygen atoms in total. The van der Waals surface area contributed by atoms with Crippen molar-refractivity contribution in [1.82, 2.24) is 4.90 Å². The lowest BCUT2D eigenvalue weighted by Gasteiger charge is -2.29. The smallest absolute Gasteiger partial charge is 0.328 e. The van der Waals surface area contributed by atoms with Crippen molar-refractivity contribution in [2.75, 3.05) is 7.11 Å². The predicted octanol–water partition coefficient (Wildman–Crippen LogP) is 0.924. The number of esters is 1. The first-order chi connectivity index (χ1) is 8.97. The molecule has 0 aromatic heterocycles. The molecule has 0 saturated heterocycles. The van der Waals surface area contributed by atoms with Gasteiger partial charge in [-0.2, -0.15) is 0 Å². The van der Waals surface area contributed by atoms with E-state index >= 15 is 0 Å². The van der Waals surface area contributed by atoms with E-state index in [1.54, 1.807) is 13.8 Å². The predicted molar refractivity (Wildman–Crippen MR) is 72.1 cm³/mol. The van der Waals surface area contributed by atoms with E-state index in [0.29, 0.717) is 6.54 Å². The molecule has 19 heavy (non-hydrogen) atoms. The monoisotopic (exact) mass is 264 g/mol. The van der Waals surface area contributed by atoms with Crippen molar-refractivity contribution in [3.8, 4) is 0 Å². The topological polar surface area (TPSA) is 72.6 Å². The Morgan fingerprint density at radius 3 is 2.32 bits per heavy atom. The maximum atomic E-state index is 12.1. The number of nitrogens with zero attached hydrogens (tertiary/aromatic N) is 1. The molecule has 2 unspecified atom stereocenters. The molecule has 1 rings (SSSR count). The van der Waals surface area contributed by atoms with E-state index in [1.807, 2.05) is 30.3 Å². The van der Waals surface area contributed by atoms with Crippen LogP contribution >= 0.6 is 0 Å². The Hall–Kier alpha value is -1.88.